The number of rotatable bonds is 5. The van der Waals surface area contributed by atoms with Crippen molar-refractivity contribution >= 4 is 5.91 Å². The van der Waals surface area contributed by atoms with E-state index < -0.39 is 12.5 Å². The molecule has 15 heavy (non-hydrogen) atoms. The molecule has 0 aliphatic carbocycles. The third kappa shape index (κ3) is 4.55. The fourth-order valence-electron chi connectivity index (χ4n) is 1.51. The summed E-state index contributed by atoms with van der Waals surface area (Å²) >= 11 is 0. The highest BCUT2D eigenvalue weighted by Gasteiger charge is 2.27. The van der Waals surface area contributed by atoms with E-state index in [2.05, 4.69) is 5.32 Å². The van der Waals surface area contributed by atoms with Crippen molar-refractivity contribution in [2.24, 2.45) is 5.92 Å². The van der Waals surface area contributed by atoms with Crippen molar-refractivity contribution in [2.75, 3.05) is 14.1 Å². The molecule has 90 valence electrons. The number of nitrogens with one attached hydrogen (secondary N) is 1. The number of hydrogen-bond acceptors (Lipinski definition) is 2. The van der Waals surface area contributed by atoms with Crippen molar-refractivity contribution in [3.05, 3.63) is 0 Å². The highest BCUT2D eigenvalue weighted by atomic mass is 19.3. The van der Waals surface area contributed by atoms with Gasteiger partial charge in [-0.1, -0.05) is 13.8 Å². The number of nitrogens with zero attached hydrogens (tertiary/aromatic N) is 1. The molecule has 0 aromatic carbocycles. The Morgan fingerprint density at radius 2 is 1.67 bits per heavy atom. The molecule has 0 aromatic rings. The molecule has 0 rings (SSSR count). The van der Waals surface area contributed by atoms with Crippen LogP contribution in [0.5, 0.6) is 0 Å². The molecule has 0 heterocycles. The molecule has 0 unspecified atom stereocenters. The number of likely N-dealkylation sites (N-methyl/N-ethyl adjacent to an activating group) is 1. The summed E-state index contributed by atoms with van der Waals surface area (Å²) in [7, 11) is 3.52. The molecule has 1 amide bonds. The van der Waals surface area contributed by atoms with E-state index in [1.54, 1.807) is 19.0 Å². The minimum atomic E-state index is -2.52. The van der Waals surface area contributed by atoms with Crippen LogP contribution in [-0.4, -0.2) is 43.4 Å². The van der Waals surface area contributed by atoms with E-state index in [0.29, 0.717) is 0 Å². The normalized spacial score (nSPS) is 15.9. The van der Waals surface area contributed by atoms with E-state index in [1.807, 2.05) is 13.8 Å². The quantitative estimate of drug-likeness (QED) is 0.761. The second-order valence-electron chi connectivity index (χ2n) is 4.28. The van der Waals surface area contributed by atoms with Crippen LogP contribution in [0.15, 0.2) is 0 Å². The monoisotopic (exact) mass is 222 g/mol. The molecule has 0 radical (unpaired) electrons. The fraction of sp³-hybridized carbons (Fsp3) is 0.900. The van der Waals surface area contributed by atoms with Crippen LogP contribution in [-0.2, 0) is 4.79 Å². The van der Waals surface area contributed by atoms with Crippen molar-refractivity contribution in [3.8, 4) is 0 Å². The predicted octanol–water partition coefficient (Wildman–Crippen LogP) is 1.34. The van der Waals surface area contributed by atoms with Gasteiger partial charge in [0.2, 0.25) is 5.91 Å². The smallest absolute Gasteiger partial charge is 0.258 e. The molecule has 2 atom stereocenters. The second kappa shape index (κ2) is 6.00. The molecule has 0 fully saturated rings. The van der Waals surface area contributed by atoms with Gasteiger partial charge in [0.25, 0.3) is 6.43 Å². The average Bonchev–Trinajstić information content (AvgIpc) is 2.01. The zero-order chi connectivity index (χ0) is 12.2. The topological polar surface area (TPSA) is 32.3 Å². The summed E-state index contributed by atoms with van der Waals surface area (Å²) in [6, 6.07) is -1.47. The summed E-state index contributed by atoms with van der Waals surface area (Å²) in [5.41, 5.74) is 0. The fourth-order valence-corrected chi connectivity index (χ4v) is 1.51. The molecule has 0 aliphatic rings. The summed E-state index contributed by atoms with van der Waals surface area (Å²) in [5, 5.41) is 2.31. The first kappa shape index (κ1) is 14.3. The molecule has 0 saturated carbocycles. The summed E-state index contributed by atoms with van der Waals surface area (Å²) in [6.45, 7) is 5.07. The highest BCUT2D eigenvalue weighted by Crippen LogP contribution is 2.09. The maximum Gasteiger partial charge on any atom is 0.258 e. The number of hydrogen-bond donors (Lipinski definition) is 1. The van der Waals surface area contributed by atoms with Gasteiger partial charge < -0.3 is 5.32 Å². The molecule has 1 N–H and O–H groups in total. The zero-order valence-electron chi connectivity index (χ0n) is 9.92. The predicted molar refractivity (Wildman–Crippen MR) is 55.9 cm³/mol. The molecule has 0 aromatic heterocycles. The lowest BCUT2D eigenvalue weighted by Gasteiger charge is -2.28. The summed E-state index contributed by atoms with van der Waals surface area (Å²) in [6.07, 6.45) is -2.52. The molecule has 0 saturated heterocycles. The van der Waals surface area contributed by atoms with Crippen LogP contribution in [0.2, 0.25) is 0 Å². The van der Waals surface area contributed by atoms with Gasteiger partial charge in [-0.25, -0.2) is 8.78 Å². The number of halogens is 2. The maximum atomic E-state index is 12.2. The van der Waals surface area contributed by atoms with E-state index in [9.17, 15) is 13.6 Å². The van der Waals surface area contributed by atoms with Gasteiger partial charge in [0.15, 0.2) is 0 Å². The van der Waals surface area contributed by atoms with Crippen molar-refractivity contribution < 1.29 is 13.6 Å². The van der Waals surface area contributed by atoms with Crippen LogP contribution >= 0.6 is 0 Å². The Kier molecular flexibility index (Phi) is 5.72. The highest BCUT2D eigenvalue weighted by molar-refractivity contribution is 5.82. The molecule has 0 spiro atoms. The third-order valence-corrected chi connectivity index (χ3v) is 2.20. The van der Waals surface area contributed by atoms with Crippen molar-refractivity contribution in [2.45, 2.75) is 39.3 Å². The van der Waals surface area contributed by atoms with Gasteiger partial charge in [-0.3, -0.25) is 9.69 Å². The van der Waals surface area contributed by atoms with Gasteiger partial charge in [0.05, 0.1) is 12.1 Å². The first-order valence-electron chi connectivity index (χ1n) is 5.02. The molecule has 0 aliphatic heterocycles. The van der Waals surface area contributed by atoms with E-state index in [1.165, 1.54) is 6.92 Å². The van der Waals surface area contributed by atoms with E-state index in [0.717, 1.165) is 0 Å². The van der Waals surface area contributed by atoms with Crippen molar-refractivity contribution in [1.29, 1.82) is 0 Å². The Morgan fingerprint density at radius 3 is 1.93 bits per heavy atom. The van der Waals surface area contributed by atoms with E-state index >= 15 is 0 Å². The minimum absolute atomic E-state index is 0.0878. The Labute approximate surface area is 89.8 Å². The lowest BCUT2D eigenvalue weighted by molar-refractivity contribution is -0.128. The largest absolute Gasteiger partial charge is 0.347 e. The number of carbonyl (C=O) groups excluding carboxylic acids is 1. The van der Waals surface area contributed by atoms with Crippen LogP contribution in [0.4, 0.5) is 8.78 Å². The van der Waals surface area contributed by atoms with Crippen molar-refractivity contribution in [3.63, 3.8) is 0 Å². The Balaban J connectivity index is 4.40. The summed E-state index contributed by atoms with van der Waals surface area (Å²) in [5.74, 6) is -0.257. The molecular weight excluding hydrogens is 202 g/mol. The van der Waals surface area contributed by atoms with Gasteiger partial charge in [0.1, 0.15) is 0 Å². The first-order valence-corrected chi connectivity index (χ1v) is 5.02. The first-order chi connectivity index (χ1) is 6.77. The van der Waals surface area contributed by atoms with Gasteiger partial charge in [0, 0.05) is 0 Å². The number of carbonyl (C=O) groups is 1. The van der Waals surface area contributed by atoms with Crippen LogP contribution in [0.25, 0.3) is 0 Å². The minimum Gasteiger partial charge on any atom is -0.347 e. The van der Waals surface area contributed by atoms with E-state index in [-0.39, 0.29) is 17.9 Å². The molecule has 5 heteroatoms. The van der Waals surface area contributed by atoms with Crippen LogP contribution in [0.3, 0.4) is 0 Å². The molecule has 0 bridgehead atoms. The SMILES string of the molecule is CC(C)[C@@H](C(=O)N[C@@H](C)C(F)F)N(C)C. The zero-order valence-corrected chi connectivity index (χ0v) is 9.92. The van der Waals surface area contributed by atoms with Gasteiger partial charge in [-0.15, -0.1) is 0 Å². The van der Waals surface area contributed by atoms with Crippen LogP contribution in [0.1, 0.15) is 20.8 Å². The number of amides is 1. The number of alkyl halides is 2. The second-order valence-corrected chi connectivity index (χ2v) is 4.28. The lowest BCUT2D eigenvalue weighted by Crippen LogP contribution is -2.50. The third-order valence-electron chi connectivity index (χ3n) is 2.20. The van der Waals surface area contributed by atoms with E-state index in [4.69, 9.17) is 0 Å². The van der Waals surface area contributed by atoms with Crippen molar-refractivity contribution in [1.82, 2.24) is 10.2 Å². The van der Waals surface area contributed by atoms with Gasteiger partial charge in [-0.05, 0) is 26.9 Å². The standard InChI is InChI=1S/C10H20F2N2O/c1-6(2)8(14(4)5)10(15)13-7(3)9(11)12/h6-9H,1-5H3,(H,13,15)/t7-,8-/m0/s1. The maximum absolute atomic E-state index is 12.2. The summed E-state index contributed by atoms with van der Waals surface area (Å²) < 4.78 is 24.5. The van der Waals surface area contributed by atoms with Crippen LogP contribution < -0.4 is 5.32 Å². The Morgan fingerprint density at radius 1 is 1.20 bits per heavy atom. The molecule has 3 nitrogen and oxygen atoms in total. The lowest BCUT2D eigenvalue weighted by atomic mass is 10.0. The molecular formula is C10H20F2N2O. The Bertz CT molecular complexity index is 200. The Hall–Kier alpha value is -0.710. The van der Waals surface area contributed by atoms with Gasteiger partial charge in [-0.2, -0.15) is 0 Å². The van der Waals surface area contributed by atoms with Crippen LogP contribution in [0, 0.1) is 5.92 Å². The average molecular weight is 222 g/mol. The van der Waals surface area contributed by atoms with Gasteiger partial charge >= 0.3 is 0 Å². The summed E-state index contributed by atoms with van der Waals surface area (Å²) in [4.78, 5) is 13.4.